The van der Waals surface area contributed by atoms with Crippen molar-refractivity contribution >= 4 is 35.2 Å². The van der Waals surface area contributed by atoms with Crippen molar-refractivity contribution in [1.82, 2.24) is 0 Å². The molecule has 14 heavy (non-hydrogen) atoms. The number of carbonyl (C=O) groups excluding carboxylic acids is 1. The monoisotopic (exact) mass is 230 g/mol. The zero-order valence-corrected chi connectivity index (χ0v) is 8.97. The van der Waals surface area contributed by atoms with Crippen molar-refractivity contribution in [2.75, 3.05) is 7.11 Å². The standard InChI is InChI=1S/C10H8Cl2O2/c1-14-10(13)6-5-7-8(11)3-2-4-9(7)12/h2-6H,1H3/b6-5+. The highest BCUT2D eigenvalue weighted by Gasteiger charge is 2.01. The molecule has 74 valence electrons. The smallest absolute Gasteiger partial charge is 0.330 e. The van der Waals surface area contributed by atoms with Gasteiger partial charge >= 0.3 is 5.97 Å². The summed E-state index contributed by atoms with van der Waals surface area (Å²) in [7, 11) is 1.31. The van der Waals surface area contributed by atoms with E-state index < -0.39 is 5.97 Å². The molecule has 0 aliphatic carbocycles. The normalized spacial score (nSPS) is 10.5. The maximum atomic E-state index is 10.8. The van der Waals surface area contributed by atoms with Gasteiger partial charge in [0, 0.05) is 21.7 Å². The van der Waals surface area contributed by atoms with Crippen LogP contribution in [0.1, 0.15) is 5.56 Å². The van der Waals surface area contributed by atoms with Crippen molar-refractivity contribution in [1.29, 1.82) is 0 Å². The lowest BCUT2D eigenvalue weighted by molar-refractivity contribution is -0.134. The molecule has 0 spiro atoms. The molecule has 0 heterocycles. The molecule has 0 fully saturated rings. The predicted molar refractivity (Wildman–Crippen MR) is 57.5 cm³/mol. The number of hydrogen-bond acceptors (Lipinski definition) is 2. The lowest BCUT2D eigenvalue weighted by atomic mass is 10.2. The molecule has 0 bridgehead atoms. The fourth-order valence-electron chi connectivity index (χ4n) is 0.889. The maximum Gasteiger partial charge on any atom is 0.330 e. The Kier molecular flexibility index (Phi) is 3.98. The Morgan fingerprint density at radius 3 is 2.43 bits per heavy atom. The van der Waals surface area contributed by atoms with E-state index in [4.69, 9.17) is 23.2 Å². The largest absolute Gasteiger partial charge is 0.466 e. The van der Waals surface area contributed by atoms with E-state index in [2.05, 4.69) is 4.74 Å². The molecule has 4 heteroatoms. The van der Waals surface area contributed by atoms with Crippen molar-refractivity contribution in [3.05, 3.63) is 39.9 Å². The van der Waals surface area contributed by atoms with Crippen LogP contribution < -0.4 is 0 Å². The van der Waals surface area contributed by atoms with Crippen LogP contribution in [0.2, 0.25) is 10.0 Å². The number of carbonyl (C=O) groups is 1. The Hall–Kier alpha value is -0.990. The topological polar surface area (TPSA) is 26.3 Å². The molecule has 0 saturated heterocycles. The van der Waals surface area contributed by atoms with Gasteiger partial charge in [0.15, 0.2) is 0 Å². The number of ether oxygens (including phenoxy) is 1. The van der Waals surface area contributed by atoms with Gasteiger partial charge in [0.2, 0.25) is 0 Å². The van der Waals surface area contributed by atoms with Gasteiger partial charge in [-0.15, -0.1) is 0 Å². The Labute approximate surface area is 92.1 Å². The van der Waals surface area contributed by atoms with Crippen molar-refractivity contribution in [3.63, 3.8) is 0 Å². The van der Waals surface area contributed by atoms with Crippen LogP contribution in [-0.4, -0.2) is 13.1 Å². The summed E-state index contributed by atoms with van der Waals surface area (Å²) in [5, 5.41) is 0.996. The van der Waals surface area contributed by atoms with Crippen molar-refractivity contribution < 1.29 is 9.53 Å². The number of esters is 1. The first-order chi connectivity index (χ1) is 6.65. The number of hydrogen-bond donors (Lipinski definition) is 0. The van der Waals surface area contributed by atoms with Gasteiger partial charge in [-0.05, 0) is 18.2 Å². The van der Waals surface area contributed by atoms with Gasteiger partial charge in [0.05, 0.1) is 7.11 Å². The van der Waals surface area contributed by atoms with Crippen LogP contribution in [-0.2, 0) is 9.53 Å². The summed E-state index contributed by atoms with van der Waals surface area (Å²) in [5.41, 5.74) is 0.612. The Balaban J connectivity index is 2.96. The third-order valence-electron chi connectivity index (χ3n) is 1.59. The van der Waals surface area contributed by atoms with Gasteiger partial charge in [-0.2, -0.15) is 0 Å². The molecular weight excluding hydrogens is 223 g/mol. The second kappa shape index (κ2) is 5.03. The minimum atomic E-state index is -0.444. The molecule has 1 aromatic rings. The first kappa shape index (κ1) is 11.1. The molecule has 1 rings (SSSR count). The third kappa shape index (κ3) is 2.76. The Bertz CT molecular complexity index is 352. The minimum absolute atomic E-state index is 0.444. The summed E-state index contributed by atoms with van der Waals surface area (Å²) in [5.74, 6) is -0.444. The number of halogens is 2. The van der Waals surface area contributed by atoms with Crippen molar-refractivity contribution in [2.45, 2.75) is 0 Å². The Morgan fingerprint density at radius 1 is 1.36 bits per heavy atom. The summed E-state index contributed by atoms with van der Waals surface area (Å²) in [6.07, 6.45) is 2.80. The highest BCUT2D eigenvalue weighted by molar-refractivity contribution is 6.37. The predicted octanol–water partition coefficient (Wildman–Crippen LogP) is 3.18. The second-order valence-electron chi connectivity index (χ2n) is 2.49. The molecule has 0 N–H and O–H groups in total. The molecule has 0 unspecified atom stereocenters. The van der Waals surface area contributed by atoms with Gasteiger partial charge in [0.25, 0.3) is 0 Å². The average Bonchev–Trinajstić information content (AvgIpc) is 2.16. The van der Waals surface area contributed by atoms with Gasteiger partial charge in [0.1, 0.15) is 0 Å². The highest BCUT2D eigenvalue weighted by atomic mass is 35.5. The number of benzene rings is 1. The first-order valence-corrected chi connectivity index (χ1v) is 4.61. The fraction of sp³-hybridized carbons (Fsp3) is 0.100. The van der Waals surface area contributed by atoms with E-state index in [1.54, 1.807) is 18.2 Å². The van der Waals surface area contributed by atoms with E-state index in [0.717, 1.165) is 0 Å². The molecule has 0 aromatic heterocycles. The average molecular weight is 231 g/mol. The molecule has 0 saturated carbocycles. The van der Waals surface area contributed by atoms with E-state index in [0.29, 0.717) is 15.6 Å². The fourth-order valence-corrected chi connectivity index (χ4v) is 1.41. The van der Waals surface area contributed by atoms with Crippen LogP contribution in [0.4, 0.5) is 0 Å². The van der Waals surface area contributed by atoms with Crippen LogP contribution in [0.15, 0.2) is 24.3 Å². The number of methoxy groups -OCH3 is 1. The Morgan fingerprint density at radius 2 is 1.93 bits per heavy atom. The quantitative estimate of drug-likeness (QED) is 0.577. The van der Waals surface area contributed by atoms with Gasteiger partial charge in [-0.25, -0.2) is 4.79 Å². The second-order valence-corrected chi connectivity index (χ2v) is 3.31. The van der Waals surface area contributed by atoms with Gasteiger partial charge in [-0.3, -0.25) is 0 Å². The summed E-state index contributed by atoms with van der Waals surface area (Å²) < 4.78 is 4.44. The van der Waals surface area contributed by atoms with E-state index >= 15 is 0 Å². The van der Waals surface area contributed by atoms with E-state index in [1.165, 1.54) is 19.3 Å². The van der Waals surface area contributed by atoms with E-state index in [1.807, 2.05) is 0 Å². The summed E-state index contributed by atoms with van der Waals surface area (Å²) in [6, 6.07) is 5.13. The van der Waals surface area contributed by atoms with Gasteiger partial charge in [-0.1, -0.05) is 29.3 Å². The summed E-state index contributed by atoms with van der Waals surface area (Å²) in [4.78, 5) is 10.8. The lowest BCUT2D eigenvalue weighted by Gasteiger charge is -1.99. The van der Waals surface area contributed by atoms with E-state index in [-0.39, 0.29) is 0 Å². The van der Waals surface area contributed by atoms with Crippen molar-refractivity contribution in [3.8, 4) is 0 Å². The lowest BCUT2D eigenvalue weighted by Crippen LogP contribution is -1.93. The SMILES string of the molecule is COC(=O)/C=C/c1c(Cl)cccc1Cl. The van der Waals surface area contributed by atoms with Crippen LogP contribution in [0.5, 0.6) is 0 Å². The molecular formula is C10H8Cl2O2. The van der Waals surface area contributed by atoms with Crippen LogP contribution in [0, 0.1) is 0 Å². The van der Waals surface area contributed by atoms with Crippen LogP contribution in [0.3, 0.4) is 0 Å². The molecule has 0 radical (unpaired) electrons. The van der Waals surface area contributed by atoms with Crippen molar-refractivity contribution in [2.24, 2.45) is 0 Å². The molecule has 2 nitrogen and oxygen atoms in total. The highest BCUT2D eigenvalue weighted by Crippen LogP contribution is 2.25. The zero-order chi connectivity index (χ0) is 10.6. The molecule has 1 aromatic carbocycles. The van der Waals surface area contributed by atoms with Crippen LogP contribution in [0.25, 0.3) is 6.08 Å². The molecule has 0 atom stereocenters. The molecule has 0 aliphatic heterocycles. The van der Waals surface area contributed by atoms with E-state index in [9.17, 15) is 4.79 Å². The van der Waals surface area contributed by atoms with Crippen LogP contribution >= 0.6 is 23.2 Å². The molecule has 0 amide bonds. The minimum Gasteiger partial charge on any atom is -0.466 e. The summed E-state index contributed by atoms with van der Waals surface area (Å²) >= 11 is 11.7. The number of rotatable bonds is 2. The maximum absolute atomic E-state index is 10.8. The van der Waals surface area contributed by atoms with Gasteiger partial charge < -0.3 is 4.74 Å². The third-order valence-corrected chi connectivity index (χ3v) is 2.25. The summed E-state index contributed by atoms with van der Waals surface area (Å²) in [6.45, 7) is 0. The first-order valence-electron chi connectivity index (χ1n) is 3.85. The molecule has 0 aliphatic rings. The zero-order valence-electron chi connectivity index (χ0n) is 7.46.